The molecule has 0 fully saturated rings. The first-order valence-corrected chi connectivity index (χ1v) is 12.3. The molecule has 0 radical (unpaired) electrons. The normalized spacial score (nSPS) is 11.6. The fourth-order valence-corrected chi connectivity index (χ4v) is 4.79. The summed E-state index contributed by atoms with van der Waals surface area (Å²) < 4.78 is 24.6. The van der Waals surface area contributed by atoms with Gasteiger partial charge in [-0.1, -0.05) is 113 Å². The number of hydrogen-bond acceptors (Lipinski definition) is 2. The number of benzene rings is 2. The topological polar surface area (TPSA) is 60.2 Å². The van der Waals surface area contributed by atoms with Gasteiger partial charge in [0.25, 0.3) is 0 Å². The molecule has 0 aromatic heterocycles. The first kappa shape index (κ1) is 22.6. The molecule has 0 amide bonds. The largest absolute Gasteiger partial charge is 0.238 e. The monoisotopic (exact) mass is 401 g/mol. The predicted octanol–water partition coefficient (Wildman–Crippen LogP) is 6.46. The molecule has 0 aliphatic carbocycles. The highest BCUT2D eigenvalue weighted by Crippen LogP contribution is 2.30. The van der Waals surface area contributed by atoms with E-state index >= 15 is 0 Å². The van der Waals surface area contributed by atoms with Crippen molar-refractivity contribution in [2.24, 2.45) is 5.14 Å². The molecule has 0 aliphatic heterocycles. The van der Waals surface area contributed by atoms with Crippen molar-refractivity contribution >= 4 is 10.0 Å². The number of nitrogens with two attached hydrogens (primary N) is 1. The number of sulfonamides is 1. The molecule has 0 atom stereocenters. The van der Waals surface area contributed by atoms with Crippen molar-refractivity contribution in [2.45, 2.75) is 82.4 Å². The molecule has 154 valence electrons. The van der Waals surface area contributed by atoms with Gasteiger partial charge in [0, 0.05) is 5.56 Å². The summed E-state index contributed by atoms with van der Waals surface area (Å²) in [5.41, 5.74) is 2.42. The Morgan fingerprint density at radius 1 is 0.714 bits per heavy atom. The minimum atomic E-state index is -3.77. The van der Waals surface area contributed by atoms with Crippen LogP contribution < -0.4 is 5.14 Å². The van der Waals surface area contributed by atoms with E-state index in [2.05, 4.69) is 6.92 Å². The van der Waals surface area contributed by atoms with Crippen molar-refractivity contribution in [1.82, 2.24) is 0 Å². The molecule has 4 heteroatoms. The molecule has 0 spiro atoms. The van der Waals surface area contributed by atoms with Crippen molar-refractivity contribution in [3.05, 3.63) is 54.1 Å². The minimum Gasteiger partial charge on any atom is -0.225 e. The highest BCUT2D eigenvalue weighted by atomic mass is 32.2. The highest BCUT2D eigenvalue weighted by Gasteiger charge is 2.19. The van der Waals surface area contributed by atoms with Crippen LogP contribution in [0.3, 0.4) is 0 Å². The lowest BCUT2D eigenvalue weighted by molar-refractivity contribution is 0.555. The number of rotatable bonds is 13. The van der Waals surface area contributed by atoms with E-state index in [1.807, 2.05) is 48.5 Å². The molecular formula is C24H35NO2S. The van der Waals surface area contributed by atoms with Crippen LogP contribution in [0.1, 0.15) is 76.7 Å². The second-order valence-corrected chi connectivity index (χ2v) is 9.14. The number of primary sulfonamides is 1. The van der Waals surface area contributed by atoms with E-state index in [4.69, 9.17) is 5.14 Å². The summed E-state index contributed by atoms with van der Waals surface area (Å²) in [6.45, 7) is 2.25. The van der Waals surface area contributed by atoms with Crippen molar-refractivity contribution < 1.29 is 8.42 Å². The Balaban J connectivity index is 1.90. The third-order valence-electron chi connectivity index (χ3n) is 5.27. The molecule has 3 nitrogen and oxygen atoms in total. The molecule has 2 aromatic carbocycles. The van der Waals surface area contributed by atoms with Gasteiger partial charge in [-0.2, -0.15) is 0 Å². The van der Waals surface area contributed by atoms with Crippen LogP contribution in [-0.2, 0) is 16.4 Å². The summed E-state index contributed by atoms with van der Waals surface area (Å²) >= 11 is 0. The summed E-state index contributed by atoms with van der Waals surface area (Å²) in [7, 11) is -3.77. The van der Waals surface area contributed by atoms with Gasteiger partial charge in [0.2, 0.25) is 10.0 Å². The van der Waals surface area contributed by atoms with Gasteiger partial charge in [-0.05, 0) is 24.0 Å². The smallest absolute Gasteiger partial charge is 0.225 e. The van der Waals surface area contributed by atoms with E-state index in [1.165, 1.54) is 51.4 Å². The molecule has 2 rings (SSSR count). The average molecular weight is 402 g/mol. The molecule has 0 heterocycles. The zero-order valence-electron chi connectivity index (χ0n) is 17.2. The first-order chi connectivity index (χ1) is 13.5. The van der Waals surface area contributed by atoms with Gasteiger partial charge in [0.05, 0.1) is 4.90 Å². The van der Waals surface area contributed by atoms with Gasteiger partial charge >= 0.3 is 0 Å². The Bertz CT molecular complexity index is 801. The first-order valence-electron chi connectivity index (χ1n) is 10.7. The number of aryl methyl sites for hydroxylation is 1. The average Bonchev–Trinajstić information content (AvgIpc) is 2.69. The molecule has 0 unspecified atom stereocenters. The highest BCUT2D eigenvalue weighted by molar-refractivity contribution is 7.89. The fourth-order valence-electron chi connectivity index (χ4n) is 3.77. The molecule has 0 saturated carbocycles. The van der Waals surface area contributed by atoms with Gasteiger partial charge in [0.1, 0.15) is 0 Å². The lowest BCUT2D eigenvalue weighted by Gasteiger charge is -2.13. The maximum absolute atomic E-state index is 12.3. The van der Waals surface area contributed by atoms with Gasteiger partial charge in [-0.15, -0.1) is 0 Å². The molecule has 2 N–H and O–H groups in total. The standard InChI is InChI=1S/C24H35NO2S/c1-2-3-4-5-6-7-8-9-10-12-18-22-19-15-20-23(24(22)28(25,26)27)21-16-13-11-14-17-21/h11,13-17,19-20H,2-10,12,18H2,1H3,(H2,25,26,27). The summed E-state index contributed by atoms with van der Waals surface area (Å²) in [5.74, 6) is 0. The lowest BCUT2D eigenvalue weighted by Crippen LogP contribution is -2.16. The summed E-state index contributed by atoms with van der Waals surface area (Å²) in [4.78, 5) is 0.289. The Kier molecular flexibility index (Phi) is 9.72. The molecular weight excluding hydrogens is 366 g/mol. The lowest BCUT2D eigenvalue weighted by atomic mass is 9.99. The maximum atomic E-state index is 12.3. The summed E-state index contributed by atoms with van der Waals surface area (Å²) in [6.07, 6.45) is 13.4. The van der Waals surface area contributed by atoms with Crippen LogP contribution in [-0.4, -0.2) is 8.42 Å². The van der Waals surface area contributed by atoms with Crippen LogP contribution in [0.15, 0.2) is 53.4 Å². The minimum absolute atomic E-state index is 0.289. The van der Waals surface area contributed by atoms with Crippen molar-refractivity contribution in [2.75, 3.05) is 0 Å². The van der Waals surface area contributed by atoms with E-state index in [0.29, 0.717) is 5.56 Å². The van der Waals surface area contributed by atoms with Crippen LogP contribution in [0.2, 0.25) is 0 Å². The van der Waals surface area contributed by atoms with Gasteiger partial charge in [0.15, 0.2) is 0 Å². The van der Waals surface area contributed by atoms with Crippen LogP contribution in [0, 0.1) is 0 Å². The molecule has 0 saturated heterocycles. The van der Waals surface area contributed by atoms with Crippen LogP contribution in [0.4, 0.5) is 0 Å². The maximum Gasteiger partial charge on any atom is 0.238 e. The molecule has 28 heavy (non-hydrogen) atoms. The van der Waals surface area contributed by atoms with Crippen molar-refractivity contribution in [3.63, 3.8) is 0 Å². The van der Waals surface area contributed by atoms with E-state index in [0.717, 1.165) is 30.4 Å². The summed E-state index contributed by atoms with van der Waals surface area (Å²) in [5, 5.41) is 5.59. The van der Waals surface area contributed by atoms with Crippen LogP contribution in [0.5, 0.6) is 0 Å². The Hall–Kier alpha value is -1.65. The van der Waals surface area contributed by atoms with Gasteiger partial charge in [-0.3, -0.25) is 0 Å². The van der Waals surface area contributed by atoms with E-state index in [-0.39, 0.29) is 4.90 Å². The Morgan fingerprint density at radius 3 is 1.86 bits per heavy atom. The fraction of sp³-hybridized carbons (Fsp3) is 0.500. The zero-order chi connectivity index (χ0) is 20.2. The zero-order valence-corrected chi connectivity index (χ0v) is 18.0. The Labute approximate surface area is 171 Å². The third kappa shape index (κ3) is 7.40. The number of hydrogen-bond donors (Lipinski definition) is 1. The second-order valence-electron chi connectivity index (χ2n) is 7.64. The predicted molar refractivity (Wildman–Crippen MR) is 119 cm³/mol. The van der Waals surface area contributed by atoms with E-state index < -0.39 is 10.0 Å². The molecule has 0 aliphatic rings. The van der Waals surface area contributed by atoms with Gasteiger partial charge in [-0.25, -0.2) is 13.6 Å². The van der Waals surface area contributed by atoms with E-state index in [9.17, 15) is 8.42 Å². The van der Waals surface area contributed by atoms with Crippen LogP contribution in [0.25, 0.3) is 11.1 Å². The van der Waals surface area contributed by atoms with Gasteiger partial charge < -0.3 is 0 Å². The van der Waals surface area contributed by atoms with E-state index in [1.54, 1.807) is 0 Å². The third-order valence-corrected chi connectivity index (χ3v) is 6.32. The quantitative estimate of drug-likeness (QED) is 0.391. The Morgan fingerprint density at radius 2 is 1.29 bits per heavy atom. The summed E-state index contributed by atoms with van der Waals surface area (Å²) in [6, 6.07) is 15.3. The number of unbranched alkanes of at least 4 members (excludes halogenated alkanes) is 9. The molecule has 0 bridgehead atoms. The van der Waals surface area contributed by atoms with Crippen molar-refractivity contribution in [3.8, 4) is 11.1 Å². The van der Waals surface area contributed by atoms with Crippen LogP contribution >= 0.6 is 0 Å². The molecule has 2 aromatic rings. The van der Waals surface area contributed by atoms with Crippen molar-refractivity contribution in [1.29, 1.82) is 0 Å². The second kappa shape index (κ2) is 12.0. The SMILES string of the molecule is CCCCCCCCCCCCc1cccc(-c2ccccc2)c1S(N)(=O)=O.